The Morgan fingerprint density at radius 3 is 2.52 bits per heavy atom. The van der Waals surface area contributed by atoms with Gasteiger partial charge in [-0.25, -0.2) is 19.7 Å². The van der Waals surface area contributed by atoms with Gasteiger partial charge in [-0.2, -0.15) is 5.26 Å². The molecule has 1 aromatic heterocycles. The van der Waals surface area contributed by atoms with Crippen LogP contribution >= 0.6 is 0 Å². The van der Waals surface area contributed by atoms with Gasteiger partial charge in [-0.05, 0) is 19.1 Å². The van der Waals surface area contributed by atoms with Crippen molar-refractivity contribution in [3.05, 3.63) is 47.2 Å². The molecule has 0 aliphatic heterocycles. The molecule has 2 rings (SSSR count). The molecule has 8 nitrogen and oxygen atoms in total. The molecule has 0 atom stereocenters. The van der Waals surface area contributed by atoms with Crippen molar-refractivity contribution in [2.24, 2.45) is 0 Å². The van der Waals surface area contributed by atoms with E-state index in [0.717, 1.165) is 0 Å². The number of amides is 2. The highest BCUT2D eigenvalue weighted by Crippen LogP contribution is 2.24. The first kappa shape index (κ1) is 15.9. The summed E-state index contributed by atoms with van der Waals surface area (Å²) in [6, 6.07) is 10.1. The number of methoxy groups -OCH3 is 1. The lowest BCUT2D eigenvalue weighted by molar-refractivity contribution is 0.0599. The van der Waals surface area contributed by atoms with Crippen LogP contribution in [0.25, 0.3) is 0 Å². The Bertz CT molecular complexity index is 790. The Morgan fingerprint density at radius 1 is 1.30 bits per heavy atom. The number of rotatable bonds is 3. The zero-order valence-corrected chi connectivity index (χ0v) is 12.6. The molecule has 0 aliphatic carbocycles. The molecule has 4 N–H and O–H groups in total. The lowest BCUT2D eigenvalue weighted by atomic mass is 10.1. The highest BCUT2D eigenvalue weighted by atomic mass is 16.5. The van der Waals surface area contributed by atoms with Crippen LogP contribution < -0.4 is 16.5 Å². The molecule has 0 saturated heterocycles. The molecular weight excluding hydrogens is 298 g/mol. The van der Waals surface area contributed by atoms with Crippen molar-refractivity contribution < 1.29 is 14.3 Å². The number of esters is 1. The fourth-order valence-electron chi connectivity index (χ4n) is 2.10. The van der Waals surface area contributed by atoms with Crippen molar-refractivity contribution in [3.8, 4) is 6.07 Å². The third kappa shape index (κ3) is 3.08. The van der Waals surface area contributed by atoms with Crippen molar-refractivity contribution >= 4 is 23.5 Å². The number of hydrogen-bond acceptors (Lipinski definition) is 5. The van der Waals surface area contributed by atoms with Crippen molar-refractivity contribution in [1.29, 1.82) is 5.26 Å². The molecule has 1 aromatic carbocycles. The van der Waals surface area contributed by atoms with Gasteiger partial charge < -0.3 is 15.8 Å². The second-order valence-electron chi connectivity index (χ2n) is 4.59. The summed E-state index contributed by atoms with van der Waals surface area (Å²) in [6.45, 7) is 1.55. The van der Waals surface area contributed by atoms with Crippen molar-refractivity contribution in [2.75, 3.05) is 23.6 Å². The molecule has 1 heterocycles. The standard InChI is InChI=1S/C15H15N5O3/c1-9-12(14(21)23-2)11(8-16)13(17)20(9)19-15(22)18-10-6-4-3-5-7-10/h3-7H,17H2,1-2H3,(H2,18,19,22). The van der Waals surface area contributed by atoms with E-state index in [9.17, 15) is 14.9 Å². The van der Waals surface area contributed by atoms with Gasteiger partial charge in [0.25, 0.3) is 0 Å². The number of nitrogen functional groups attached to an aromatic ring is 1. The van der Waals surface area contributed by atoms with Gasteiger partial charge in [0, 0.05) is 5.69 Å². The van der Waals surface area contributed by atoms with Gasteiger partial charge in [0.15, 0.2) is 0 Å². The van der Waals surface area contributed by atoms with Gasteiger partial charge in [-0.1, -0.05) is 18.2 Å². The Morgan fingerprint density at radius 2 is 1.96 bits per heavy atom. The summed E-state index contributed by atoms with van der Waals surface area (Å²) in [4.78, 5) is 23.8. The fraction of sp³-hybridized carbons (Fsp3) is 0.133. The fourth-order valence-corrected chi connectivity index (χ4v) is 2.10. The second kappa shape index (κ2) is 6.53. The monoisotopic (exact) mass is 313 g/mol. The number of carbonyl (C=O) groups is 2. The Kier molecular flexibility index (Phi) is 4.52. The number of benzene rings is 1. The molecular formula is C15H15N5O3. The third-order valence-corrected chi connectivity index (χ3v) is 3.19. The lowest BCUT2D eigenvalue weighted by Crippen LogP contribution is -2.29. The van der Waals surface area contributed by atoms with E-state index in [1.165, 1.54) is 11.8 Å². The van der Waals surface area contributed by atoms with E-state index >= 15 is 0 Å². The van der Waals surface area contributed by atoms with E-state index in [1.807, 2.05) is 12.1 Å². The van der Waals surface area contributed by atoms with Crippen LogP contribution in [0.5, 0.6) is 0 Å². The molecule has 0 radical (unpaired) electrons. The number of nitrogens with one attached hydrogen (secondary N) is 2. The van der Waals surface area contributed by atoms with E-state index in [1.54, 1.807) is 31.2 Å². The van der Waals surface area contributed by atoms with Crippen LogP contribution in [-0.2, 0) is 4.74 Å². The molecule has 0 saturated carbocycles. The maximum atomic E-state index is 12.0. The SMILES string of the molecule is COC(=O)c1c(C#N)c(N)n(NC(=O)Nc2ccccc2)c1C. The van der Waals surface area contributed by atoms with Crippen LogP contribution in [0.15, 0.2) is 30.3 Å². The zero-order valence-electron chi connectivity index (χ0n) is 12.6. The van der Waals surface area contributed by atoms with Crippen molar-refractivity contribution in [1.82, 2.24) is 4.68 Å². The summed E-state index contributed by atoms with van der Waals surface area (Å²) < 4.78 is 5.81. The summed E-state index contributed by atoms with van der Waals surface area (Å²) >= 11 is 0. The predicted octanol–water partition coefficient (Wildman–Crippen LogP) is 1.81. The third-order valence-electron chi connectivity index (χ3n) is 3.19. The van der Waals surface area contributed by atoms with Crippen LogP contribution in [0.1, 0.15) is 21.6 Å². The topological polar surface area (TPSA) is 122 Å². The molecule has 0 bridgehead atoms. The molecule has 8 heteroatoms. The number of ether oxygens (including phenoxy) is 1. The lowest BCUT2D eigenvalue weighted by Gasteiger charge is -2.12. The minimum absolute atomic E-state index is 0.0208. The van der Waals surface area contributed by atoms with E-state index in [2.05, 4.69) is 15.5 Å². The van der Waals surface area contributed by atoms with Gasteiger partial charge in [-0.15, -0.1) is 0 Å². The van der Waals surface area contributed by atoms with Crippen LogP contribution in [0.3, 0.4) is 0 Å². The van der Waals surface area contributed by atoms with E-state index in [0.29, 0.717) is 11.4 Å². The number of aromatic nitrogens is 1. The molecule has 118 valence electrons. The number of anilines is 2. The molecule has 23 heavy (non-hydrogen) atoms. The molecule has 2 amide bonds. The number of para-hydroxylation sites is 1. The van der Waals surface area contributed by atoms with Crippen LogP contribution in [-0.4, -0.2) is 23.8 Å². The second-order valence-corrected chi connectivity index (χ2v) is 4.59. The normalized spacial score (nSPS) is 9.78. The van der Waals surface area contributed by atoms with E-state index in [-0.39, 0.29) is 16.9 Å². The Balaban J connectivity index is 2.30. The smallest absolute Gasteiger partial charge is 0.341 e. The number of urea groups is 1. The minimum Gasteiger partial charge on any atom is -0.465 e. The first-order chi connectivity index (χ1) is 11.0. The minimum atomic E-state index is -0.699. The van der Waals surface area contributed by atoms with Crippen LogP contribution in [0.4, 0.5) is 16.3 Å². The van der Waals surface area contributed by atoms with Gasteiger partial charge >= 0.3 is 12.0 Å². The van der Waals surface area contributed by atoms with Crippen LogP contribution in [0, 0.1) is 18.3 Å². The number of nitriles is 1. The van der Waals surface area contributed by atoms with Gasteiger partial charge in [0.2, 0.25) is 0 Å². The number of nitrogens with zero attached hydrogens (tertiary/aromatic N) is 2. The molecule has 0 fully saturated rings. The average Bonchev–Trinajstić information content (AvgIpc) is 2.79. The van der Waals surface area contributed by atoms with Gasteiger partial charge in [-0.3, -0.25) is 0 Å². The van der Waals surface area contributed by atoms with Crippen molar-refractivity contribution in [3.63, 3.8) is 0 Å². The quantitative estimate of drug-likeness (QED) is 0.746. The van der Waals surface area contributed by atoms with Crippen molar-refractivity contribution in [2.45, 2.75) is 6.92 Å². The summed E-state index contributed by atoms with van der Waals surface area (Å²) in [7, 11) is 1.20. The number of hydrogen-bond donors (Lipinski definition) is 3. The highest BCUT2D eigenvalue weighted by molar-refractivity contribution is 5.98. The summed E-state index contributed by atoms with van der Waals surface area (Å²) in [5.74, 6) is -0.747. The highest BCUT2D eigenvalue weighted by Gasteiger charge is 2.25. The Labute approximate surface area is 132 Å². The first-order valence-corrected chi connectivity index (χ1v) is 6.61. The van der Waals surface area contributed by atoms with Crippen LogP contribution in [0.2, 0.25) is 0 Å². The van der Waals surface area contributed by atoms with Gasteiger partial charge in [0.05, 0.1) is 12.8 Å². The molecule has 0 aliphatic rings. The number of carbonyl (C=O) groups excluding carboxylic acids is 2. The summed E-state index contributed by atoms with van der Waals surface area (Å²) in [5, 5.41) is 11.8. The average molecular weight is 313 g/mol. The van der Waals surface area contributed by atoms with Gasteiger partial charge in [0.1, 0.15) is 23.0 Å². The molecule has 0 unspecified atom stereocenters. The van der Waals surface area contributed by atoms with E-state index in [4.69, 9.17) is 5.73 Å². The maximum absolute atomic E-state index is 12.0. The molecule has 0 spiro atoms. The largest absolute Gasteiger partial charge is 0.465 e. The summed E-state index contributed by atoms with van der Waals surface area (Å²) in [5.41, 5.74) is 9.18. The predicted molar refractivity (Wildman–Crippen MR) is 84.5 cm³/mol. The van der Waals surface area contributed by atoms with E-state index < -0.39 is 12.0 Å². The Hall–Kier alpha value is -3.47. The zero-order chi connectivity index (χ0) is 17.0. The molecule has 2 aromatic rings. The number of nitrogens with two attached hydrogens (primary N) is 1. The first-order valence-electron chi connectivity index (χ1n) is 6.61. The maximum Gasteiger partial charge on any atom is 0.341 e. The summed E-state index contributed by atoms with van der Waals surface area (Å²) in [6.07, 6.45) is 0.